The minimum absolute atomic E-state index is 0.0385. The van der Waals surface area contributed by atoms with Gasteiger partial charge in [0, 0.05) is 16.8 Å². The Kier molecular flexibility index (Phi) is 3.93. The van der Waals surface area contributed by atoms with Crippen LogP contribution in [0.2, 0.25) is 0 Å². The highest BCUT2D eigenvalue weighted by molar-refractivity contribution is 7.13. The molecule has 0 aromatic carbocycles. The Morgan fingerprint density at radius 2 is 2.28 bits per heavy atom. The minimum atomic E-state index is -0.176. The number of urea groups is 1. The molecule has 0 aliphatic heterocycles. The Hall–Kier alpha value is -1.47. The standard InChI is InChI=1S/C11H14N4OS2/c1-7-4-5-9(18-7)8(2)15(3)11(16)13-10-14-12-6-17-10/h4-6,8H,1-3H3,(H,13,14,16). The average molecular weight is 282 g/mol. The topological polar surface area (TPSA) is 58.1 Å². The molecule has 2 heterocycles. The summed E-state index contributed by atoms with van der Waals surface area (Å²) in [6.07, 6.45) is 0. The van der Waals surface area contributed by atoms with Crippen molar-refractivity contribution in [1.29, 1.82) is 0 Å². The highest BCUT2D eigenvalue weighted by atomic mass is 32.1. The highest BCUT2D eigenvalue weighted by Crippen LogP contribution is 2.26. The molecule has 2 rings (SSSR count). The summed E-state index contributed by atoms with van der Waals surface area (Å²) < 4.78 is 0. The molecule has 0 spiro atoms. The largest absolute Gasteiger partial charge is 0.323 e. The van der Waals surface area contributed by atoms with Crippen LogP contribution in [0.4, 0.5) is 9.93 Å². The van der Waals surface area contributed by atoms with Gasteiger partial charge in [-0.25, -0.2) is 4.79 Å². The van der Waals surface area contributed by atoms with E-state index in [1.807, 2.05) is 6.92 Å². The lowest BCUT2D eigenvalue weighted by atomic mass is 10.2. The number of hydrogen-bond acceptors (Lipinski definition) is 5. The molecule has 7 heteroatoms. The molecule has 1 unspecified atom stereocenters. The first-order chi connectivity index (χ1) is 8.58. The zero-order valence-electron chi connectivity index (χ0n) is 10.4. The normalized spacial score (nSPS) is 12.2. The molecular weight excluding hydrogens is 268 g/mol. The quantitative estimate of drug-likeness (QED) is 0.941. The summed E-state index contributed by atoms with van der Waals surface area (Å²) in [5, 5.41) is 10.7. The predicted molar refractivity (Wildman–Crippen MR) is 74.2 cm³/mol. The average Bonchev–Trinajstić information content (AvgIpc) is 2.98. The van der Waals surface area contributed by atoms with E-state index in [-0.39, 0.29) is 12.1 Å². The Morgan fingerprint density at radius 3 is 2.83 bits per heavy atom. The van der Waals surface area contributed by atoms with Gasteiger partial charge in [0.25, 0.3) is 0 Å². The number of carbonyl (C=O) groups is 1. The molecule has 2 aromatic heterocycles. The van der Waals surface area contributed by atoms with Crippen molar-refractivity contribution in [3.05, 3.63) is 27.4 Å². The highest BCUT2D eigenvalue weighted by Gasteiger charge is 2.19. The molecule has 1 atom stereocenters. The summed E-state index contributed by atoms with van der Waals surface area (Å²) in [5.41, 5.74) is 1.58. The van der Waals surface area contributed by atoms with Gasteiger partial charge in [-0.15, -0.1) is 21.5 Å². The maximum atomic E-state index is 12.0. The Morgan fingerprint density at radius 1 is 1.50 bits per heavy atom. The lowest BCUT2D eigenvalue weighted by Gasteiger charge is -2.23. The third-order valence-corrected chi connectivity index (χ3v) is 4.43. The molecule has 0 aliphatic rings. The molecular formula is C11H14N4OS2. The Balaban J connectivity index is 2.02. The van der Waals surface area contributed by atoms with Crippen molar-refractivity contribution >= 4 is 33.8 Å². The Bertz CT molecular complexity index is 523. The first-order valence-corrected chi connectivity index (χ1v) is 7.14. The second kappa shape index (κ2) is 5.45. The summed E-state index contributed by atoms with van der Waals surface area (Å²) in [4.78, 5) is 16.1. The van der Waals surface area contributed by atoms with Crippen LogP contribution >= 0.6 is 22.7 Å². The number of anilines is 1. The van der Waals surface area contributed by atoms with Crippen LogP contribution in [0.5, 0.6) is 0 Å². The number of carbonyl (C=O) groups excluding carboxylic acids is 1. The second-order valence-electron chi connectivity index (χ2n) is 3.91. The van der Waals surface area contributed by atoms with Crippen molar-refractivity contribution in [3.63, 3.8) is 0 Å². The Labute approximate surface area is 113 Å². The number of hydrogen-bond donors (Lipinski definition) is 1. The molecule has 0 fully saturated rings. The van der Waals surface area contributed by atoms with Crippen LogP contribution in [-0.2, 0) is 0 Å². The fraction of sp³-hybridized carbons (Fsp3) is 0.364. The van der Waals surface area contributed by atoms with E-state index in [9.17, 15) is 4.79 Å². The van der Waals surface area contributed by atoms with Gasteiger partial charge in [-0.2, -0.15) is 0 Å². The number of nitrogens with zero attached hydrogens (tertiary/aromatic N) is 3. The SMILES string of the molecule is Cc1ccc(C(C)N(C)C(=O)Nc2nncs2)s1. The van der Waals surface area contributed by atoms with E-state index < -0.39 is 0 Å². The van der Waals surface area contributed by atoms with E-state index in [2.05, 4.69) is 34.6 Å². The van der Waals surface area contributed by atoms with Crippen molar-refractivity contribution in [1.82, 2.24) is 15.1 Å². The van der Waals surface area contributed by atoms with Crippen molar-refractivity contribution in [2.75, 3.05) is 12.4 Å². The first-order valence-electron chi connectivity index (χ1n) is 5.44. The van der Waals surface area contributed by atoms with E-state index in [0.717, 1.165) is 0 Å². The van der Waals surface area contributed by atoms with Crippen molar-refractivity contribution in [2.45, 2.75) is 19.9 Å². The molecule has 5 nitrogen and oxygen atoms in total. The summed E-state index contributed by atoms with van der Waals surface area (Å²) >= 11 is 3.00. The fourth-order valence-electron chi connectivity index (χ4n) is 1.45. The van der Waals surface area contributed by atoms with Gasteiger partial charge in [0.15, 0.2) is 0 Å². The van der Waals surface area contributed by atoms with Gasteiger partial charge in [-0.1, -0.05) is 11.3 Å². The van der Waals surface area contributed by atoms with Crippen LogP contribution in [0.15, 0.2) is 17.6 Å². The number of aryl methyl sites for hydroxylation is 1. The number of amides is 2. The maximum Gasteiger partial charge on any atom is 0.323 e. The van der Waals surface area contributed by atoms with Gasteiger partial charge < -0.3 is 4.90 Å². The molecule has 96 valence electrons. The lowest BCUT2D eigenvalue weighted by Crippen LogP contribution is -2.33. The molecule has 1 N–H and O–H groups in total. The molecule has 2 aromatic rings. The van der Waals surface area contributed by atoms with E-state index in [4.69, 9.17) is 0 Å². The number of nitrogens with one attached hydrogen (secondary N) is 1. The minimum Gasteiger partial charge on any atom is -0.320 e. The number of rotatable bonds is 3. The van der Waals surface area contributed by atoms with Crippen LogP contribution in [0.25, 0.3) is 0 Å². The van der Waals surface area contributed by atoms with E-state index >= 15 is 0 Å². The molecule has 2 amide bonds. The van der Waals surface area contributed by atoms with Gasteiger partial charge in [-0.05, 0) is 26.0 Å². The van der Waals surface area contributed by atoms with Gasteiger partial charge in [0.05, 0.1) is 6.04 Å². The summed E-state index contributed by atoms with van der Waals surface area (Å²) in [6, 6.07) is 3.98. The summed E-state index contributed by atoms with van der Waals surface area (Å²) in [6.45, 7) is 4.06. The first kappa shape index (κ1) is 13.0. The van der Waals surface area contributed by atoms with Gasteiger partial charge in [0.1, 0.15) is 5.51 Å². The molecule has 18 heavy (non-hydrogen) atoms. The summed E-state index contributed by atoms with van der Waals surface area (Å²) in [5.74, 6) is 0. The fourth-order valence-corrected chi connectivity index (χ4v) is 2.86. The van der Waals surface area contributed by atoms with Gasteiger partial charge >= 0.3 is 6.03 Å². The third-order valence-electron chi connectivity index (χ3n) is 2.65. The zero-order chi connectivity index (χ0) is 13.1. The molecule has 0 saturated carbocycles. The van der Waals surface area contributed by atoms with E-state index in [0.29, 0.717) is 5.13 Å². The smallest absolute Gasteiger partial charge is 0.320 e. The monoisotopic (exact) mass is 282 g/mol. The molecule has 0 aliphatic carbocycles. The van der Waals surface area contributed by atoms with Crippen LogP contribution in [0.3, 0.4) is 0 Å². The van der Waals surface area contributed by atoms with Crippen LogP contribution < -0.4 is 5.32 Å². The van der Waals surface area contributed by atoms with E-state index in [1.165, 1.54) is 21.1 Å². The number of thiophene rings is 1. The number of aromatic nitrogens is 2. The molecule has 0 saturated heterocycles. The van der Waals surface area contributed by atoms with Gasteiger partial charge in [0.2, 0.25) is 5.13 Å². The maximum absolute atomic E-state index is 12.0. The van der Waals surface area contributed by atoms with Crippen molar-refractivity contribution in [2.24, 2.45) is 0 Å². The molecule has 0 bridgehead atoms. The van der Waals surface area contributed by atoms with Crippen LogP contribution in [-0.4, -0.2) is 28.2 Å². The third kappa shape index (κ3) is 2.85. The van der Waals surface area contributed by atoms with Gasteiger partial charge in [-0.3, -0.25) is 5.32 Å². The lowest BCUT2D eigenvalue weighted by molar-refractivity contribution is 0.209. The summed E-state index contributed by atoms with van der Waals surface area (Å²) in [7, 11) is 1.77. The van der Waals surface area contributed by atoms with E-state index in [1.54, 1.807) is 28.8 Å². The van der Waals surface area contributed by atoms with Crippen LogP contribution in [0.1, 0.15) is 22.7 Å². The zero-order valence-corrected chi connectivity index (χ0v) is 12.0. The molecule has 0 radical (unpaired) electrons. The van der Waals surface area contributed by atoms with Crippen molar-refractivity contribution < 1.29 is 4.79 Å². The second-order valence-corrected chi connectivity index (χ2v) is 6.06. The van der Waals surface area contributed by atoms with Crippen molar-refractivity contribution in [3.8, 4) is 0 Å². The van der Waals surface area contributed by atoms with Crippen LogP contribution in [0, 0.1) is 6.92 Å². The predicted octanol–water partition coefficient (Wildman–Crippen LogP) is 3.13.